The van der Waals surface area contributed by atoms with Crippen LogP contribution in [0.3, 0.4) is 0 Å². The molecule has 27 heavy (non-hydrogen) atoms. The number of halogens is 1. The van der Waals surface area contributed by atoms with E-state index in [0.717, 1.165) is 12.8 Å². The minimum atomic E-state index is -0.321. The first-order chi connectivity index (χ1) is 13.1. The Bertz CT molecular complexity index is 815. The summed E-state index contributed by atoms with van der Waals surface area (Å²) in [4.78, 5) is 30.1. The molecule has 1 N–H and O–H groups in total. The maximum atomic E-state index is 13.2. The molecule has 0 radical (unpaired) electrons. The van der Waals surface area contributed by atoms with Gasteiger partial charge in [0.1, 0.15) is 5.82 Å². The predicted octanol–water partition coefficient (Wildman–Crippen LogP) is 2.90. The number of nitrogens with one attached hydrogen (secondary N) is 1. The molecule has 0 spiro atoms. The van der Waals surface area contributed by atoms with Crippen molar-refractivity contribution in [1.82, 2.24) is 15.2 Å². The Labute approximate surface area is 157 Å². The van der Waals surface area contributed by atoms with E-state index in [0.29, 0.717) is 36.7 Å². The van der Waals surface area contributed by atoms with Crippen LogP contribution in [-0.4, -0.2) is 41.3 Å². The largest absolute Gasteiger partial charge is 0.352 e. The van der Waals surface area contributed by atoms with Crippen molar-refractivity contribution >= 4 is 17.9 Å². The fraction of sp³-hybridized carbons (Fsp3) is 0.286. The minimum absolute atomic E-state index is 0.0721. The summed E-state index contributed by atoms with van der Waals surface area (Å²) in [6.07, 6.45) is 7.97. The van der Waals surface area contributed by atoms with Gasteiger partial charge in [0.25, 0.3) is 5.91 Å². The smallest absolute Gasteiger partial charge is 0.252 e. The average molecular weight is 367 g/mol. The Morgan fingerprint density at radius 2 is 2.04 bits per heavy atom. The molecule has 1 aromatic heterocycles. The zero-order valence-electron chi connectivity index (χ0n) is 15.0. The van der Waals surface area contributed by atoms with Crippen LogP contribution in [0.4, 0.5) is 4.39 Å². The first-order valence-electron chi connectivity index (χ1n) is 9.02. The number of hydrogen-bond donors (Lipinski definition) is 1. The molecule has 1 aliphatic heterocycles. The minimum Gasteiger partial charge on any atom is -0.352 e. The van der Waals surface area contributed by atoms with Crippen molar-refractivity contribution in [3.05, 3.63) is 71.8 Å². The van der Waals surface area contributed by atoms with Gasteiger partial charge in [-0.25, -0.2) is 4.39 Å². The van der Waals surface area contributed by atoms with Gasteiger partial charge < -0.3 is 10.2 Å². The molecular formula is C21H22FN3O2. The summed E-state index contributed by atoms with van der Waals surface area (Å²) in [6, 6.07) is 9.59. The lowest BCUT2D eigenvalue weighted by Crippen LogP contribution is -2.41. The number of rotatable bonds is 5. The first kappa shape index (κ1) is 18.8. The predicted molar refractivity (Wildman–Crippen MR) is 101 cm³/mol. The van der Waals surface area contributed by atoms with Gasteiger partial charge in [-0.2, -0.15) is 0 Å². The molecule has 2 heterocycles. The Balaban J connectivity index is 1.43. The molecule has 2 aromatic rings. The van der Waals surface area contributed by atoms with Crippen molar-refractivity contribution < 1.29 is 14.0 Å². The number of hydrogen-bond acceptors (Lipinski definition) is 3. The fourth-order valence-corrected chi connectivity index (χ4v) is 3.08. The van der Waals surface area contributed by atoms with Gasteiger partial charge in [-0.05, 0) is 54.7 Å². The van der Waals surface area contributed by atoms with Crippen LogP contribution in [-0.2, 0) is 4.79 Å². The van der Waals surface area contributed by atoms with Gasteiger partial charge in [0.15, 0.2) is 0 Å². The van der Waals surface area contributed by atoms with E-state index in [-0.39, 0.29) is 17.6 Å². The van der Waals surface area contributed by atoms with Crippen LogP contribution in [0.25, 0.3) is 6.08 Å². The number of likely N-dealkylation sites (tertiary alicyclic amines) is 1. The summed E-state index contributed by atoms with van der Waals surface area (Å²) >= 11 is 0. The standard InChI is InChI=1S/C21H22FN3O2/c22-19-5-1-3-16(13-19)6-7-20(26)25-11-8-17(9-12-25)14-24-21(27)18-4-2-10-23-15-18/h1-7,10,13,15,17H,8-9,11-12,14H2,(H,24,27)/b7-6+. The molecule has 0 unspecified atom stereocenters. The summed E-state index contributed by atoms with van der Waals surface area (Å²) in [5.41, 5.74) is 1.21. The van der Waals surface area contributed by atoms with Crippen LogP contribution in [0.5, 0.6) is 0 Å². The highest BCUT2D eigenvalue weighted by atomic mass is 19.1. The van der Waals surface area contributed by atoms with E-state index in [4.69, 9.17) is 0 Å². The number of aromatic nitrogens is 1. The fourth-order valence-electron chi connectivity index (χ4n) is 3.08. The zero-order chi connectivity index (χ0) is 19.1. The van der Waals surface area contributed by atoms with E-state index in [2.05, 4.69) is 10.3 Å². The monoisotopic (exact) mass is 367 g/mol. The van der Waals surface area contributed by atoms with Crippen LogP contribution < -0.4 is 5.32 Å². The molecule has 1 aliphatic rings. The number of amides is 2. The van der Waals surface area contributed by atoms with E-state index in [9.17, 15) is 14.0 Å². The highest BCUT2D eigenvalue weighted by Crippen LogP contribution is 2.17. The highest BCUT2D eigenvalue weighted by Gasteiger charge is 2.22. The van der Waals surface area contributed by atoms with Crippen LogP contribution in [0, 0.1) is 11.7 Å². The molecule has 0 saturated carbocycles. The zero-order valence-corrected chi connectivity index (χ0v) is 15.0. The molecule has 140 valence electrons. The van der Waals surface area contributed by atoms with Crippen molar-refractivity contribution in [2.75, 3.05) is 19.6 Å². The normalized spacial score (nSPS) is 15.1. The summed E-state index contributed by atoms with van der Waals surface area (Å²) in [7, 11) is 0. The number of carbonyl (C=O) groups excluding carboxylic acids is 2. The van der Waals surface area contributed by atoms with Crippen LogP contribution >= 0.6 is 0 Å². The van der Waals surface area contributed by atoms with Gasteiger partial charge in [0.05, 0.1) is 5.56 Å². The molecule has 1 aromatic carbocycles. The molecule has 1 fully saturated rings. The Kier molecular flexibility index (Phi) is 6.30. The Hall–Kier alpha value is -3.02. The number of carbonyl (C=O) groups is 2. The quantitative estimate of drug-likeness (QED) is 0.827. The van der Waals surface area contributed by atoms with Gasteiger partial charge in [0.2, 0.25) is 5.91 Å². The second-order valence-electron chi connectivity index (χ2n) is 6.61. The number of nitrogens with zero attached hydrogens (tertiary/aromatic N) is 2. The molecule has 0 atom stereocenters. The lowest BCUT2D eigenvalue weighted by molar-refractivity contribution is -0.127. The van der Waals surface area contributed by atoms with E-state index in [1.165, 1.54) is 18.2 Å². The third-order valence-corrected chi connectivity index (χ3v) is 4.67. The SMILES string of the molecule is O=C(NCC1CCN(C(=O)/C=C/c2cccc(F)c2)CC1)c1cccnc1. The van der Waals surface area contributed by atoms with Gasteiger partial charge in [-0.1, -0.05) is 12.1 Å². The first-order valence-corrected chi connectivity index (χ1v) is 9.02. The van der Waals surface area contributed by atoms with Crippen molar-refractivity contribution in [1.29, 1.82) is 0 Å². The number of benzene rings is 1. The molecule has 1 saturated heterocycles. The molecule has 3 rings (SSSR count). The maximum absolute atomic E-state index is 13.2. The summed E-state index contributed by atoms with van der Waals surface area (Å²) in [5.74, 6) is -0.169. The van der Waals surface area contributed by atoms with E-state index in [1.807, 2.05) is 0 Å². The van der Waals surface area contributed by atoms with E-state index >= 15 is 0 Å². The Morgan fingerprint density at radius 1 is 1.22 bits per heavy atom. The number of pyridine rings is 1. The van der Waals surface area contributed by atoms with Crippen LogP contribution in [0.1, 0.15) is 28.8 Å². The van der Waals surface area contributed by atoms with Crippen LogP contribution in [0.15, 0.2) is 54.9 Å². The third kappa shape index (κ3) is 5.48. The molecule has 2 amide bonds. The average Bonchev–Trinajstić information content (AvgIpc) is 2.71. The lowest BCUT2D eigenvalue weighted by atomic mass is 9.96. The Morgan fingerprint density at radius 3 is 2.74 bits per heavy atom. The van der Waals surface area contributed by atoms with Crippen molar-refractivity contribution in [3.8, 4) is 0 Å². The van der Waals surface area contributed by atoms with Crippen molar-refractivity contribution in [2.24, 2.45) is 5.92 Å². The highest BCUT2D eigenvalue weighted by molar-refractivity contribution is 5.93. The number of piperidine rings is 1. The maximum Gasteiger partial charge on any atom is 0.252 e. The third-order valence-electron chi connectivity index (χ3n) is 4.67. The van der Waals surface area contributed by atoms with Crippen molar-refractivity contribution in [3.63, 3.8) is 0 Å². The van der Waals surface area contributed by atoms with E-state index in [1.54, 1.807) is 47.6 Å². The molecule has 5 nitrogen and oxygen atoms in total. The molecule has 0 bridgehead atoms. The van der Waals surface area contributed by atoms with Gasteiger partial charge >= 0.3 is 0 Å². The van der Waals surface area contributed by atoms with Crippen molar-refractivity contribution in [2.45, 2.75) is 12.8 Å². The van der Waals surface area contributed by atoms with E-state index < -0.39 is 0 Å². The molecular weight excluding hydrogens is 345 g/mol. The van der Waals surface area contributed by atoms with Gasteiger partial charge in [-0.15, -0.1) is 0 Å². The summed E-state index contributed by atoms with van der Waals surface area (Å²) < 4.78 is 13.2. The van der Waals surface area contributed by atoms with Gasteiger partial charge in [0, 0.05) is 38.1 Å². The summed E-state index contributed by atoms with van der Waals surface area (Å²) in [6.45, 7) is 1.90. The second-order valence-corrected chi connectivity index (χ2v) is 6.61. The summed E-state index contributed by atoms with van der Waals surface area (Å²) in [5, 5.41) is 2.93. The molecule has 0 aliphatic carbocycles. The molecule has 6 heteroatoms. The lowest BCUT2D eigenvalue weighted by Gasteiger charge is -2.31. The second kappa shape index (κ2) is 9.07. The van der Waals surface area contributed by atoms with Crippen LogP contribution in [0.2, 0.25) is 0 Å². The topological polar surface area (TPSA) is 62.3 Å². The van der Waals surface area contributed by atoms with Gasteiger partial charge in [-0.3, -0.25) is 14.6 Å².